The van der Waals surface area contributed by atoms with E-state index in [2.05, 4.69) is 4.85 Å². The van der Waals surface area contributed by atoms with Crippen LogP contribution in [0.5, 0.6) is 0 Å². The lowest BCUT2D eigenvalue weighted by Gasteiger charge is -1.97. The fraction of sp³-hybridized carbons (Fsp3) is 0.375. The fourth-order valence-corrected chi connectivity index (χ4v) is 0.887. The predicted octanol–water partition coefficient (Wildman–Crippen LogP) is 0.282. The SMILES string of the molecule is CC.[C-]#[N+]c1ccc(B(O)O)n1C. The molecule has 2 N–H and O–H groups in total. The Labute approximate surface area is 78.4 Å². The van der Waals surface area contributed by atoms with Crippen molar-refractivity contribution in [3.05, 3.63) is 23.5 Å². The van der Waals surface area contributed by atoms with Crippen LogP contribution in [0.15, 0.2) is 12.1 Å². The summed E-state index contributed by atoms with van der Waals surface area (Å²) in [5.74, 6) is 0.396. The summed E-state index contributed by atoms with van der Waals surface area (Å²) in [6.45, 7) is 10.7. The van der Waals surface area contributed by atoms with E-state index in [1.807, 2.05) is 13.8 Å². The minimum atomic E-state index is -1.50. The highest BCUT2D eigenvalue weighted by molar-refractivity contribution is 6.57. The van der Waals surface area contributed by atoms with E-state index in [1.54, 1.807) is 13.1 Å². The van der Waals surface area contributed by atoms with E-state index in [0.717, 1.165) is 0 Å². The molecule has 0 aromatic carbocycles. The molecule has 1 aromatic rings. The molecule has 0 amide bonds. The molecule has 0 fully saturated rings. The molecule has 0 saturated carbocycles. The van der Waals surface area contributed by atoms with Crippen LogP contribution in [0.1, 0.15) is 13.8 Å². The average Bonchev–Trinajstić information content (AvgIpc) is 2.50. The van der Waals surface area contributed by atoms with Gasteiger partial charge in [-0.15, -0.1) is 0 Å². The highest BCUT2D eigenvalue weighted by atomic mass is 16.4. The molecule has 1 aromatic heterocycles. The lowest BCUT2D eigenvalue weighted by Crippen LogP contribution is -2.34. The van der Waals surface area contributed by atoms with Gasteiger partial charge in [0, 0.05) is 0 Å². The van der Waals surface area contributed by atoms with E-state index in [4.69, 9.17) is 16.6 Å². The Hall–Kier alpha value is -1.25. The molecule has 0 aliphatic rings. The van der Waals surface area contributed by atoms with Crippen molar-refractivity contribution in [2.45, 2.75) is 13.8 Å². The topological polar surface area (TPSA) is 49.8 Å². The maximum atomic E-state index is 8.75. The molecule has 4 nitrogen and oxygen atoms in total. The molecule has 0 saturated heterocycles. The summed E-state index contributed by atoms with van der Waals surface area (Å²) in [5, 5.41) is 17.5. The second-order valence-corrected chi connectivity index (χ2v) is 2.16. The number of nitrogens with zero attached hydrogens (tertiary/aromatic N) is 2. The van der Waals surface area contributed by atoms with Crippen LogP contribution in [0.3, 0.4) is 0 Å². The van der Waals surface area contributed by atoms with E-state index in [9.17, 15) is 0 Å². The van der Waals surface area contributed by atoms with Gasteiger partial charge in [0.15, 0.2) is 0 Å². The van der Waals surface area contributed by atoms with Crippen LogP contribution in [0.25, 0.3) is 4.85 Å². The summed E-state index contributed by atoms with van der Waals surface area (Å²) in [6, 6.07) is 3.06. The first kappa shape index (κ1) is 11.8. The van der Waals surface area contributed by atoms with E-state index in [0.29, 0.717) is 11.4 Å². The van der Waals surface area contributed by atoms with Gasteiger partial charge in [0.1, 0.15) is 5.59 Å². The van der Waals surface area contributed by atoms with E-state index < -0.39 is 7.12 Å². The van der Waals surface area contributed by atoms with Crippen molar-refractivity contribution >= 4 is 18.5 Å². The highest BCUT2D eigenvalue weighted by Crippen LogP contribution is 2.08. The van der Waals surface area contributed by atoms with Crippen molar-refractivity contribution in [1.29, 1.82) is 0 Å². The Kier molecular flexibility index (Phi) is 4.89. The summed E-state index contributed by atoms with van der Waals surface area (Å²) in [7, 11) is 0.109. The first-order valence-corrected chi connectivity index (χ1v) is 4.06. The molecule has 5 heteroatoms. The first-order chi connectivity index (χ1) is 6.16. The number of hydrogen-bond acceptors (Lipinski definition) is 2. The third-order valence-electron chi connectivity index (χ3n) is 1.51. The Morgan fingerprint density at radius 1 is 1.38 bits per heavy atom. The number of rotatable bonds is 1. The van der Waals surface area contributed by atoms with Gasteiger partial charge in [-0.2, -0.15) is 0 Å². The molecule has 0 atom stereocenters. The van der Waals surface area contributed by atoms with Crippen molar-refractivity contribution in [2.75, 3.05) is 0 Å². The molecule has 70 valence electrons. The van der Waals surface area contributed by atoms with Gasteiger partial charge in [0.2, 0.25) is 5.82 Å². The number of hydrogen-bond donors (Lipinski definition) is 2. The Balaban J connectivity index is 0.000000671. The molecule has 0 aliphatic heterocycles. The normalized spacial score (nSPS) is 8.31. The van der Waals surface area contributed by atoms with Gasteiger partial charge in [-0.05, 0) is 12.1 Å². The summed E-state index contributed by atoms with van der Waals surface area (Å²) in [6.07, 6.45) is 0. The van der Waals surface area contributed by atoms with Crippen molar-refractivity contribution in [1.82, 2.24) is 4.57 Å². The third-order valence-corrected chi connectivity index (χ3v) is 1.51. The fourth-order valence-electron chi connectivity index (χ4n) is 0.887. The summed E-state index contributed by atoms with van der Waals surface area (Å²) < 4.78 is 1.44. The van der Waals surface area contributed by atoms with Crippen LogP contribution >= 0.6 is 0 Å². The second-order valence-electron chi connectivity index (χ2n) is 2.16. The average molecular weight is 180 g/mol. The van der Waals surface area contributed by atoms with Gasteiger partial charge < -0.3 is 19.5 Å². The van der Waals surface area contributed by atoms with Crippen molar-refractivity contribution in [2.24, 2.45) is 7.05 Å². The molecule has 0 unspecified atom stereocenters. The van der Waals surface area contributed by atoms with Gasteiger partial charge in [-0.25, -0.2) is 0 Å². The summed E-state index contributed by atoms with van der Waals surface area (Å²) in [4.78, 5) is 3.16. The smallest absolute Gasteiger partial charge is 0.421 e. The molecular weight excluding hydrogens is 167 g/mol. The molecule has 1 rings (SSSR count). The largest absolute Gasteiger partial charge is 0.529 e. The van der Waals surface area contributed by atoms with Crippen LogP contribution in [0.2, 0.25) is 0 Å². The summed E-state index contributed by atoms with van der Waals surface area (Å²) in [5.41, 5.74) is 0.330. The zero-order valence-corrected chi connectivity index (χ0v) is 8.02. The van der Waals surface area contributed by atoms with Crippen LogP contribution in [-0.2, 0) is 7.05 Å². The van der Waals surface area contributed by atoms with E-state index in [-0.39, 0.29) is 0 Å². The minimum Gasteiger partial charge on any atom is -0.421 e. The van der Waals surface area contributed by atoms with E-state index in [1.165, 1.54) is 10.6 Å². The van der Waals surface area contributed by atoms with E-state index >= 15 is 0 Å². The van der Waals surface area contributed by atoms with Crippen LogP contribution < -0.4 is 5.59 Å². The van der Waals surface area contributed by atoms with Gasteiger partial charge in [-0.1, -0.05) is 20.4 Å². The standard InChI is InChI=1S/C6H7BN2O2.C2H6/c1-8-6-4-3-5(7(10)11)9(6)2;1-2/h3-4,10-11H,2H3;1-2H3. The maximum Gasteiger partial charge on any atom is 0.529 e. The number of aromatic nitrogens is 1. The Bertz CT molecular complexity index is 302. The lowest BCUT2D eigenvalue weighted by molar-refractivity contribution is 0.423. The third kappa shape index (κ3) is 2.62. The Morgan fingerprint density at radius 3 is 2.15 bits per heavy atom. The Morgan fingerprint density at radius 2 is 1.92 bits per heavy atom. The molecule has 0 aliphatic carbocycles. The minimum absolute atomic E-state index is 0.330. The van der Waals surface area contributed by atoms with Crippen molar-refractivity contribution in [3.63, 3.8) is 0 Å². The van der Waals surface area contributed by atoms with Crippen LogP contribution in [0.4, 0.5) is 5.82 Å². The highest BCUT2D eigenvalue weighted by Gasteiger charge is 2.18. The van der Waals surface area contributed by atoms with Crippen LogP contribution in [0, 0.1) is 6.57 Å². The van der Waals surface area contributed by atoms with Gasteiger partial charge in [0.05, 0.1) is 7.05 Å². The maximum absolute atomic E-state index is 8.75. The van der Waals surface area contributed by atoms with Gasteiger partial charge in [0.25, 0.3) is 0 Å². The first-order valence-electron chi connectivity index (χ1n) is 4.06. The summed E-state index contributed by atoms with van der Waals surface area (Å²) >= 11 is 0. The predicted molar refractivity (Wildman–Crippen MR) is 52.8 cm³/mol. The molecule has 0 bridgehead atoms. The molecule has 13 heavy (non-hydrogen) atoms. The second kappa shape index (κ2) is 5.41. The zero-order valence-electron chi connectivity index (χ0n) is 8.02. The zero-order chi connectivity index (χ0) is 10.4. The molecular formula is C8H13BN2O2. The monoisotopic (exact) mass is 180 g/mol. The van der Waals surface area contributed by atoms with Crippen molar-refractivity contribution in [3.8, 4) is 0 Å². The molecule has 0 radical (unpaired) electrons. The molecule has 0 spiro atoms. The van der Waals surface area contributed by atoms with Crippen molar-refractivity contribution < 1.29 is 10.0 Å². The molecule has 1 heterocycles. The quantitative estimate of drug-likeness (QED) is 0.481. The van der Waals surface area contributed by atoms with Crippen LogP contribution in [-0.4, -0.2) is 21.7 Å². The van der Waals surface area contributed by atoms with Gasteiger partial charge >= 0.3 is 7.12 Å². The van der Waals surface area contributed by atoms with Gasteiger partial charge in [-0.3, -0.25) is 0 Å². The lowest BCUT2D eigenvalue weighted by atomic mass is 9.86.